The van der Waals surface area contributed by atoms with Gasteiger partial charge in [0.1, 0.15) is 0 Å². The van der Waals surface area contributed by atoms with Gasteiger partial charge < -0.3 is 24.3 Å². The van der Waals surface area contributed by atoms with E-state index in [4.69, 9.17) is 18.9 Å². The van der Waals surface area contributed by atoms with Gasteiger partial charge in [-0.15, -0.1) is 0 Å². The smallest absolute Gasteiger partial charge is 0.339 e. The van der Waals surface area contributed by atoms with Crippen molar-refractivity contribution in [2.75, 3.05) is 13.4 Å². The number of benzene rings is 2. The molecule has 0 bridgehead atoms. The van der Waals surface area contributed by atoms with E-state index in [-0.39, 0.29) is 36.9 Å². The number of nitro groups is 1. The van der Waals surface area contributed by atoms with Gasteiger partial charge in [0.15, 0.2) is 23.4 Å². The molecule has 1 atom stereocenters. The minimum absolute atomic E-state index is 0.0496. The molecule has 0 unspecified atom stereocenters. The molecule has 2 aromatic rings. The molecule has 0 spiro atoms. The van der Waals surface area contributed by atoms with E-state index in [1.54, 1.807) is 25.1 Å². The van der Waals surface area contributed by atoms with Crippen molar-refractivity contribution in [3.05, 3.63) is 57.6 Å². The number of carbonyl (C=O) groups excluding carboxylic acids is 2. The van der Waals surface area contributed by atoms with Gasteiger partial charge in [-0.3, -0.25) is 14.9 Å². The SMILES string of the molecule is CCOc1ccc(C(=O)O[C@H](C)C(=O)NCc2ccc3c(c2)OCO3)cc1[N+](=O)[O-]. The molecule has 1 aliphatic rings. The largest absolute Gasteiger partial charge is 0.487 e. The summed E-state index contributed by atoms with van der Waals surface area (Å²) in [6.07, 6.45) is -1.10. The number of carbonyl (C=O) groups is 2. The molecule has 158 valence electrons. The lowest BCUT2D eigenvalue weighted by atomic mass is 10.2. The lowest BCUT2D eigenvalue weighted by molar-refractivity contribution is -0.385. The van der Waals surface area contributed by atoms with Crippen molar-refractivity contribution in [3.63, 3.8) is 0 Å². The van der Waals surface area contributed by atoms with Crippen LogP contribution in [0.5, 0.6) is 17.2 Å². The highest BCUT2D eigenvalue weighted by atomic mass is 16.7. The van der Waals surface area contributed by atoms with Crippen LogP contribution in [-0.2, 0) is 16.1 Å². The minimum Gasteiger partial charge on any atom is -0.487 e. The number of hydrogen-bond donors (Lipinski definition) is 1. The molecule has 3 rings (SSSR count). The molecule has 30 heavy (non-hydrogen) atoms. The number of esters is 1. The van der Waals surface area contributed by atoms with Gasteiger partial charge in [0.25, 0.3) is 5.91 Å². The van der Waals surface area contributed by atoms with Crippen molar-refractivity contribution in [2.45, 2.75) is 26.5 Å². The summed E-state index contributed by atoms with van der Waals surface area (Å²) in [7, 11) is 0. The van der Waals surface area contributed by atoms with Crippen molar-refractivity contribution in [2.24, 2.45) is 0 Å². The predicted octanol–water partition coefficient (Wildman–Crippen LogP) is 2.58. The Bertz CT molecular complexity index is 975. The minimum atomic E-state index is -1.10. The van der Waals surface area contributed by atoms with Crippen LogP contribution in [0.2, 0.25) is 0 Å². The van der Waals surface area contributed by atoms with Gasteiger partial charge in [-0.25, -0.2) is 4.79 Å². The Hall–Kier alpha value is -3.82. The summed E-state index contributed by atoms with van der Waals surface area (Å²) in [5.74, 6) is -0.0861. The predicted molar refractivity (Wildman–Crippen MR) is 104 cm³/mol. The van der Waals surface area contributed by atoms with Crippen LogP contribution in [-0.4, -0.2) is 36.3 Å². The summed E-state index contributed by atoms with van der Waals surface area (Å²) < 4.78 is 20.8. The fourth-order valence-corrected chi connectivity index (χ4v) is 2.73. The van der Waals surface area contributed by atoms with E-state index in [1.165, 1.54) is 19.1 Å². The number of fused-ring (bicyclic) bond motifs is 1. The Morgan fingerprint density at radius 3 is 2.70 bits per heavy atom. The topological polar surface area (TPSA) is 126 Å². The number of nitro benzene ring substituents is 1. The summed E-state index contributed by atoms with van der Waals surface area (Å²) in [5, 5.41) is 13.8. The number of rotatable bonds is 8. The van der Waals surface area contributed by atoms with Gasteiger partial charge >= 0.3 is 11.7 Å². The van der Waals surface area contributed by atoms with Gasteiger partial charge in [0.05, 0.1) is 17.1 Å². The summed E-state index contributed by atoms with van der Waals surface area (Å²) in [6, 6.07) is 9.00. The number of ether oxygens (including phenoxy) is 4. The van der Waals surface area contributed by atoms with E-state index in [0.717, 1.165) is 11.6 Å². The summed E-state index contributed by atoms with van der Waals surface area (Å²) in [5.41, 5.74) is 0.375. The maximum atomic E-state index is 12.3. The van der Waals surface area contributed by atoms with Crippen molar-refractivity contribution in [1.29, 1.82) is 0 Å². The molecule has 10 nitrogen and oxygen atoms in total. The Kier molecular flexibility index (Phi) is 6.35. The molecular formula is C20H20N2O8. The van der Waals surface area contributed by atoms with Gasteiger partial charge in [-0.2, -0.15) is 0 Å². The third-order valence-corrected chi connectivity index (χ3v) is 4.25. The average Bonchev–Trinajstić information content (AvgIpc) is 3.20. The lowest BCUT2D eigenvalue weighted by Gasteiger charge is -2.14. The zero-order valence-electron chi connectivity index (χ0n) is 16.4. The first kappa shape index (κ1) is 20.9. The molecule has 1 N–H and O–H groups in total. The highest BCUT2D eigenvalue weighted by molar-refractivity contribution is 5.93. The average molecular weight is 416 g/mol. The molecule has 1 amide bonds. The zero-order chi connectivity index (χ0) is 21.7. The van der Waals surface area contributed by atoms with Crippen LogP contribution in [0.25, 0.3) is 0 Å². The maximum absolute atomic E-state index is 12.3. The third kappa shape index (κ3) is 4.77. The molecule has 0 fully saturated rings. The second-order valence-electron chi connectivity index (χ2n) is 6.33. The summed E-state index contributed by atoms with van der Waals surface area (Å²) in [4.78, 5) is 35.1. The third-order valence-electron chi connectivity index (χ3n) is 4.25. The highest BCUT2D eigenvalue weighted by Crippen LogP contribution is 2.32. The Balaban J connectivity index is 1.58. The van der Waals surface area contributed by atoms with Crippen molar-refractivity contribution < 1.29 is 33.5 Å². The Morgan fingerprint density at radius 2 is 1.97 bits per heavy atom. The van der Waals surface area contributed by atoms with E-state index in [0.29, 0.717) is 11.5 Å². The molecule has 1 aliphatic heterocycles. The van der Waals surface area contributed by atoms with Gasteiger partial charge in [-0.05, 0) is 43.7 Å². The standard InChI is InChI=1S/C20H20N2O8/c1-3-27-16-7-5-14(9-15(16)22(25)26)20(24)30-12(2)19(23)21-10-13-4-6-17-18(8-13)29-11-28-17/h4-9,12H,3,10-11H2,1-2H3,(H,21,23)/t12-/m1/s1. The van der Waals surface area contributed by atoms with Crippen molar-refractivity contribution in [3.8, 4) is 17.2 Å². The normalized spacial score (nSPS) is 12.7. The number of nitrogens with one attached hydrogen (secondary N) is 1. The van der Waals surface area contributed by atoms with Crippen LogP contribution in [0.3, 0.4) is 0 Å². The quantitative estimate of drug-likeness (QED) is 0.395. The van der Waals surface area contributed by atoms with Crippen LogP contribution in [0, 0.1) is 10.1 Å². The van der Waals surface area contributed by atoms with Crippen molar-refractivity contribution >= 4 is 17.6 Å². The molecule has 1 heterocycles. The number of nitrogens with zero attached hydrogens (tertiary/aromatic N) is 1. The van der Waals surface area contributed by atoms with Crippen LogP contribution in [0.4, 0.5) is 5.69 Å². The van der Waals surface area contributed by atoms with Crippen molar-refractivity contribution in [1.82, 2.24) is 5.32 Å². The Morgan fingerprint density at radius 1 is 1.20 bits per heavy atom. The summed E-state index contributed by atoms with van der Waals surface area (Å²) in [6.45, 7) is 3.70. The molecule has 0 radical (unpaired) electrons. The lowest BCUT2D eigenvalue weighted by Crippen LogP contribution is -2.35. The fourth-order valence-electron chi connectivity index (χ4n) is 2.73. The monoisotopic (exact) mass is 416 g/mol. The molecule has 0 aliphatic carbocycles. The van der Waals surface area contributed by atoms with Crippen LogP contribution in [0.15, 0.2) is 36.4 Å². The van der Waals surface area contributed by atoms with Gasteiger partial charge in [-0.1, -0.05) is 6.07 Å². The first-order chi connectivity index (χ1) is 14.4. The number of hydrogen-bond acceptors (Lipinski definition) is 8. The van der Waals surface area contributed by atoms with E-state index < -0.39 is 22.9 Å². The van der Waals surface area contributed by atoms with E-state index in [9.17, 15) is 19.7 Å². The molecule has 0 aromatic heterocycles. The molecule has 2 aromatic carbocycles. The molecule has 0 saturated carbocycles. The highest BCUT2D eigenvalue weighted by Gasteiger charge is 2.23. The first-order valence-corrected chi connectivity index (χ1v) is 9.17. The second kappa shape index (κ2) is 9.12. The van der Waals surface area contributed by atoms with Crippen LogP contribution in [0.1, 0.15) is 29.8 Å². The second-order valence-corrected chi connectivity index (χ2v) is 6.33. The number of amides is 1. The van der Waals surface area contributed by atoms with Gasteiger partial charge in [0.2, 0.25) is 6.79 Å². The van der Waals surface area contributed by atoms with Gasteiger partial charge in [0, 0.05) is 12.6 Å². The molecule has 0 saturated heterocycles. The summed E-state index contributed by atoms with van der Waals surface area (Å²) >= 11 is 0. The fraction of sp³-hybridized carbons (Fsp3) is 0.300. The van der Waals surface area contributed by atoms with E-state index >= 15 is 0 Å². The van der Waals surface area contributed by atoms with Crippen LogP contribution >= 0.6 is 0 Å². The molecule has 10 heteroatoms. The first-order valence-electron chi connectivity index (χ1n) is 9.17. The van der Waals surface area contributed by atoms with E-state index in [2.05, 4.69) is 5.32 Å². The van der Waals surface area contributed by atoms with Crippen LogP contribution < -0.4 is 19.5 Å². The maximum Gasteiger partial charge on any atom is 0.339 e. The van der Waals surface area contributed by atoms with E-state index in [1.807, 2.05) is 0 Å². The Labute approximate surface area is 171 Å². The zero-order valence-corrected chi connectivity index (χ0v) is 16.4. The molecular weight excluding hydrogens is 396 g/mol.